The number of aliphatic hydroxyl groups is 2. The summed E-state index contributed by atoms with van der Waals surface area (Å²) < 4.78 is 5.75. The summed E-state index contributed by atoms with van der Waals surface area (Å²) in [4.78, 5) is 0. The summed E-state index contributed by atoms with van der Waals surface area (Å²) in [6, 6.07) is 6.56. The minimum Gasteiger partial charge on any atom is -0.496 e. The van der Waals surface area contributed by atoms with Crippen LogP contribution in [0.3, 0.4) is 0 Å². The van der Waals surface area contributed by atoms with Gasteiger partial charge in [-0.05, 0) is 18.2 Å². The minimum absolute atomic E-state index is 0.376. The van der Waals surface area contributed by atoms with Crippen LogP contribution in [0.1, 0.15) is 11.7 Å². The number of rotatable bonds is 3. The third-order valence-electron chi connectivity index (χ3n) is 1.94. The molecule has 0 amide bonds. The highest BCUT2D eigenvalue weighted by Gasteiger charge is 2.21. The fourth-order valence-corrected chi connectivity index (χ4v) is 1.56. The van der Waals surface area contributed by atoms with E-state index < -0.39 is 12.2 Å². The van der Waals surface area contributed by atoms with Gasteiger partial charge in [0.2, 0.25) is 0 Å². The maximum absolute atomic E-state index is 9.65. The molecule has 0 heterocycles. The van der Waals surface area contributed by atoms with Gasteiger partial charge in [-0.15, -0.1) is 0 Å². The van der Waals surface area contributed by atoms with Crippen molar-refractivity contribution in [1.29, 1.82) is 5.26 Å². The van der Waals surface area contributed by atoms with Crippen LogP contribution >= 0.6 is 15.9 Å². The van der Waals surface area contributed by atoms with Crippen molar-refractivity contribution in [3.05, 3.63) is 28.2 Å². The van der Waals surface area contributed by atoms with Crippen LogP contribution in [0.25, 0.3) is 0 Å². The van der Waals surface area contributed by atoms with Crippen LogP contribution in [0.15, 0.2) is 22.7 Å². The average Bonchev–Trinajstić information content (AvgIpc) is 2.27. The van der Waals surface area contributed by atoms with Gasteiger partial charge in [-0.25, -0.2) is 0 Å². The molecule has 0 aliphatic carbocycles. The van der Waals surface area contributed by atoms with Crippen LogP contribution in [0.4, 0.5) is 0 Å². The maximum Gasteiger partial charge on any atom is 0.170 e. The molecule has 0 saturated carbocycles. The number of ether oxygens (including phenoxy) is 1. The van der Waals surface area contributed by atoms with E-state index >= 15 is 0 Å². The second-order valence-electron chi connectivity index (χ2n) is 2.91. The van der Waals surface area contributed by atoms with Crippen LogP contribution in [0, 0.1) is 11.3 Å². The molecule has 1 aromatic carbocycles. The van der Waals surface area contributed by atoms with Crippen molar-refractivity contribution in [2.45, 2.75) is 12.2 Å². The zero-order valence-electron chi connectivity index (χ0n) is 8.01. The highest BCUT2D eigenvalue weighted by Crippen LogP contribution is 2.29. The van der Waals surface area contributed by atoms with Gasteiger partial charge in [0.05, 0.1) is 13.2 Å². The number of hydrogen-bond donors (Lipinski definition) is 2. The van der Waals surface area contributed by atoms with Crippen molar-refractivity contribution >= 4 is 15.9 Å². The summed E-state index contributed by atoms with van der Waals surface area (Å²) in [7, 11) is 1.46. The van der Waals surface area contributed by atoms with E-state index in [9.17, 15) is 10.2 Å². The van der Waals surface area contributed by atoms with Gasteiger partial charge in [0.1, 0.15) is 11.9 Å². The molecule has 2 atom stereocenters. The van der Waals surface area contributed by atoms with Crippen LogP contribution in [-0.2, 0) is 0 Å². The van der Waals surface area contributed by atoms with E-state index in [2.05, 4.69) is 15.9 Å². The number of nitriles is 1. The largest absolute Gasteiger partial charge is 0.496 e. The monoisotopic (exact) mass is 271 g/mol. The van der Waals surface area contributed by atoms with Gasteiger partial charge >= 0.3 is 0 Å². The van der Waals surface area contributed by atoms with Gasteiger partial charge in [-0.3, -0.25) is 0 Å². The summed E-state index contributed by atoms with van der Waals surface area (Å²) in [5.74, 6) is 0.431. The quantitative estimate of drug-likeness (QED) is 0.815. The van der Waals surface area contributed by atoms with E-state index in [4.69, 9.17) is 10.00 Å². The molecule has 0 aliphatic rings. The second-order valence-corrected chi connectivity index (χ2v) is 3.82. The number of aliphatic hydroxyl groups excluding tert-OH is 2. The predicted octanol–water partition coefficient (Wildman–Crippen LogP) is 1.38. The minimum atomic E-state index is -1.46. The Bertz CT molecular complexity index is 389. The van der Waals surface area contributed by atoms with E-state index in [-0.39, 0.29) is 0 Å². The molecule has 0 bridgehead atoms. The lowest BCUT2D eigenvalue weighted by Gasteiger charge is -2.15. The first kappa shape index (κ1) is 12.0. The number of hydrogen-bond acceptors (Lipinski definition) is 4. The lowest BCUT2D eigenvalue weighted by Crippen LogP contribution is -2.16. The third kappa shape index (κ3) is 2.69. The van der Waals surface area contributed by atoms with E-state index in [1.54, 1.807) is 24.3 Å². The summed E-state index contributed by atoms with van der Waals surface area (Å²) in [5, 5.41) is 27.3. The van der Waals surface area contributed by atoms with Gasteiger partial charge in [0.25, 0.3) is 0 Å². The average molecular weight is 272 g/mol. The Balaban J connectivity index is 3.12. The fourth-order valence-electron chi connectivity index (χ4n) is 1.18. The van der Waals surface area contributed by atoms with E-state index in [0.29, 0.717) is 11.3 Å². The number of methoxy groups -OCH3 is 1. The summed E-state index contributed by atoms with van der Waals surface area (Å²) >= 11 is 3.23. The molecule has 1 rings (SSSR count). The number of halogens is 1. The second kappa shape index (κ2) is 5.12. The molecule has 0 aliphatic heterocycles. The molecule has 4 nitrogen and oxygen atoms in total. The lowest BCUT2D eigenvalue weighted by atomic mass is 10.0. The van der Waals surface area contributed by atoms with E-state index in [1.165, 1.54) is 7.11 Å². The standard InChI is InChI=1S/C10H10BrNO3/c1-15-9-3-2-6(11)4-7(9)10(14)8(13)5-12/h2-4,8,10,13-14H,1H3. The Morgan fingerprint density at radius 3 is 2.67 bits per heavy atom. The molecule has 0 radical (unpaired) electrons. The Kier molecular flexibility index (Phi) is 4.09. The number of nitrogens with zero attached hydrogens (tertiary/aromatic N) is 1. The van der Waals surface area contributed by atoms with Crippen LogP contribution in [0.5, 0.6) is 5.75 Å². The molecule has 0 fully saturated rings. The summed E-state index contributed by atoms with van der Waals surface area (Å²) in [6.07, 6.45) is -2.74. The zero-order valence-corrected chi connectivity index (χ0v) is 9.60. The maximum atomic E-state index is 9.65. The van der Waals surface area contributed by atoms with Gasteiger partial charge in [-0.1, -0.05) is 15.9 Å². The van der Waals surface area contributed by atoms with Gasteiger partial charge in [0, 0.05) is 10.0 Å². The molecule has 2 N–H and O–H groups in total. The molecule has 1 aromatic rings. The van der Waals surface area contributed by atoms with Gasteiger partial charge < -0.3 is 14.9 Å². The Morgan fingerprint density at radius 2 is 2.13 bits per heavy atom. The van der Waals surface area contributed by atoms with Crippen molar-refractivity contribution < 1.29 is 14.9 Å². The highest BCUT2D eigenvalue weighted by atomic mass is 79.9. The topological polar surface area (TPSA) is 73.5 Å². The molecule has 15 heavy (non-hydrogen) atoms. The molecule has 2 unspecified atom stereocenters. The first-order valence-corrected chi connectivity index (χ1v) is 4.98. The van der Waals surface area contributed by atoms with Crippen molar-refractivity contribution in [2.75, 3.05) is 7.11 Å². The molecular formula is C10H10BrNO3. The van der Waals surface area contributed by atoms with Crippen LogP contribution in [-0.4, -0.2) is 23.4 Å². The molecule has 0 aromatic heterocycles. The zero-order chi connectivity index (χ0) is 11.4. The number of benzene rings is 1. The summed E-state index contributed by atoms with van der Waals surface area (Å²) in [5.41, 5.74) is 0.376. The molecule has 0 saturated heterocycles. The third-order valence-corrected chi connectivity index (χ3v) is 2.43. The van der Waals surface area contributed by atoms with E-state index in [0.717, 1.165) is 4.47 Å². The van der Waals surface area contributed by atoms with E-state index in [1.807, 2.05) is 0 Å². The van der Waals surface area contributed by atoms with Crippen LogP contribution in [0.2, 0.25) is 0 Å². The van der Waals surface area contributed by atoms with Crippen molar-refractivity contribution in [3.8, 4) is 11.8 Å². The Hall–Kier alpha value is -1.09. The van der Waals surface area contributed by atoms with Crippen molar-refractivity contribution in [1.82, 2.24) is 0 Å². The van der Waals surface area contributed by atoms with Crippen molar-refractivity contribution in [2.24, 2.45) is 0 Å². The van der Waals surface area contributed by atoms with Crippen LogP contribution < -0.4 is 4.74 Å². The highest BCUT2D eigenvalue weighted by molar-refractivity contribution is 9.10. The molecular weight excluding hydrogens is 262 g/mol. The fraction of sp³-hybridized carbons (Fsp3) is 0.300. The Labute approximate surface area is 95.9 Å². The smallest absolute Gasteiger partial charge is 0.170 e. The SMILES string of the molecule is COc1ccc(Br)cc1C(O)C(O)C#N. The van der Waals surface area contributed by atoms with Gasteiger partial charge in [0.15, 0.2) is 6.10 Å². The predicted molar refractivity (Wildman–Crippen MR) is 57.3 cm³/mol. The molecule has 0 spiro atoms. The molecule has 80 valence electrons. The van der Waals surface area contributed by atoms with Gasteiger partial charge in [-0.2, -0.15) is 5.26 Å². The summed E-state index contributed by atoms with van der Waals surface area (Å²) in [6.45, 7) is 0. The van der Waals surface area contributed by atoms with Crippen molar-refractivity contribution in [3.63, 3.8) is 0 Å². The molecule has 5 heteroatoms. The Morgan fingerprint density at radius 1 is 1.47 bits per heavy atom. The normalized spacial score (nSPS) is 14.1. The first-order valence-electron chi connectivity index (χ1n) is 4.19. The first-order chi connectivity index (χ1) is 7.10. The lowest BCUT2D eigenvalue weighted by molar-refractivity contribution is 0.0510.